The number of hydrogen-bond donors (Lipinski definition) is 1. The first-order chi connectivity index (χ1) is 9.06. The van der Waals surface area contributed by atoms with Gasteiger partial charge in [-0.05, 0) is 30.5 Å². The van der Waals surface area contributed by atoms with Gasteiger partial charge in [0.05, 0.1) is 4.99 Å². The smallest absolute Gasteiger partial charge is 0.0870 e. The second kappa shape index (κ2) is 7.02. The lowest BCUT2D eigenvalue weighted by Crippen LogP contribution is -2.38. The highest BCUT2D eigenvalue weighted by Gasteiger charge is 2.23. The number of thiocarbonyl (C=S) groups is 1. The quantitative estimate of drug-likeness (QED) is 0.799. The number of rotatable bonds is 5. The predicted molar refractivity (Wildman–Crippen MR) is 88.6 cm³/mol. The van der Waals surface area contributed by atoms with Crippen LogP contribution in [0, 0.1) is 0 Å². The van der Waals surface area contributed by atoms with E-state index in [4.69, 9.17) is 29.6 Å². The molecule has 0 spiro atoms. The van der Waals surface area contributed by atoms with Crippen LogP contribution in [0.15, 0.2) is 22.7 Å². The maximum absolute atomic E-state index is 6.30. The van der Waals surface area contributed by atoms with Gasteiger partial charge in [-0.25, -0.2) is 0 Å². The molecule has 5 heteroatoms. The Kier molecular flexibility index (Phi) is 5.63. The van der Waals surface area contributed by atoms with Gasteiger partial charge in [0.25, 0.3) is 0 Å². The SMILES string of the molecule is NC(=S)CN(Cc1ccc(Br)cc1Cl)C1CCCC1. The van der Waals surface area contributed by atoms with Gasteiger partial charge in [-0.3, -0.25) is 4.90 Å². The summed E-state index contributed by atoms with van der Waals surface area (Å²) in [4.78, 5) is 2.92. The normalized spacial score (nSPS) is 16.2. The van der Waals surface area contributed by atoms with Crippen LogP contribution >= 0.6 is 39.7 Å². The van der Waals surface area contributed by atoms with E-state index in [1.807, 2.05) is 12.1 Å². The van der Waals surface area contributed by atoms with Crippen molar-refractivity contribution in [3.63, 3.8) is 0 Å². The third-order valence-corrected chi connectivity index (χ3v) is 4.56. The van der Waals surface area contributed by atoms with Crippen LogP contribution in [0.1, 0.15) is 31.2 Å². The van der Waals surface area contributed by atoms with Crippen molar-refractivity contribution in [3.8, 4) is 0 Å². The van der Waals surface area contributed by atoms with E-state index in [-0.39, 0.29) is 0 Å². The summed E-state index contributed by atoms with van der Waals surface area (Å²) in [5.74, 6) is 0. The van der Waals surface area contributed by atoms with Crippen LogP contribution in [0.2, 0.25) is 5.02 Å². The lowest BCUT2D eigenvalue weighted by Gasteiger charge is -2.28. The molecule has 0 radical (unpaired) electrons. The van der Waals surface area contributed by atoms with E-state index in [0.29, 0.717) is 17.6 Å². The summed E-state index contributed by atoms with van der Waals surface area (Å²) in [7, 11) is 0. The van der Waals surface area contributed by atoms with Gasteiger partial charge in [-0.2, -0.15) is 0 Å². The molecule has 0 amide bonds. The maximum atomic E-state index is 6.30. The first-order valence-electron chi connectivity index (χ1n) is 6.52. The molecular formula is C14H18BrClN2S. The number of benzene rings is 1. The van der Waals surface area contributed by atoms with E-state index in [2.05, 4.69) is 26.9 Å². The van der Waals surface area contributed by atoms with Crippen molar-refractivity contribution in [1.29, 1.82) is 0 Å². The average molecular weight is 362 g/mol. The molecule has 19 heavy (non-hydrogen) atoms. The Labute approximate surface area is 133 Å². The highest BCUT2D eigenvalue weighted by Crippen LogP contribution is 2.27. The Morgan fingerprint density at radius 2 is 2.11 bits per heavy atom. The monoisotopic (exact) mass is 360 g/mol. The Morgan fingerprint density at radius 1 is 1.42 bits per heavy atom. The molecule has 1 aromatic carbocycles. The number of nitrogens with two attached hydrogens (primary N) is 1. The predicted octanol–water partition coefficient (Wildman–Crippen LogP) is 4.13. The van der Waals surface area contributed by atoms with E-state index in [9.17, 15) is 0 Å². The van der Waals surface area contributed by atoms with Crippen molar-refractivity contribution in [2.24, 2.45) is 5.73 Å². The van der Waals surface area contributed by atoms with Gasteiger partial charge >= 0.3 is 0 Å². The molecule has 2 rings (SSSR count). The molecule has 1 aliphatic rings. The molecule has 1 fully saturated rings. The Morgan fingerprint density at radius 3 is 2.68 bits per heavy atom. The second-order valence-corrected chi connectivity index (χ2v) is 6.89. The molecule has 2 N–H and O–H groups in total. The van der Waals surface area contributed by atoms with E-state index in [1.54, 1.807) is 0 Å². The molecule has 1 aliphatic carbocycles. The number of halogens is 2. The van der Waals surface area contributed by atoms with Gasteiger partial charge in [0.2, 0.25) is 0 Å². The van der Waals surface area contributed by atoms with Crippen molar-refractivity contribution in [2.45, 2.75) is 38.3 Å². The highest BCUT2D eigenvalue weighted by atomic mass is 79.9. The van der Waals surface area contributed by atoms with Crippen LogP contribution in [0.5, 0.6) is 0 Å². The van der Waals surface area contributed by atoms with E-state index in [0.717, 1.165) is 21.6 Å². The molecule has 104 valence electrons. The molecule has 2 nitrogen and oxygen atoms in total. The number of hydrogen-bond acceptors (Lipinski definition) is 2. The van der Waals surface area contributed by atoms with Gasteiger partial charge in [-0.15, -0.1) is 0 Å². The standard InChI is InChI=1S/C14H18BrClN2S/c15-11-6-5-10(13(16)7-11)8-18(9-14(17)19)12-3-1-2-4-12/h5-7,12H,1-4,8-9H2,(H2,17,19). The van der Waals surface area contributed by atoms with E-state index >= 15 is 0 Å². The molecule has 0 saturated heterocycles. The van der Waals surface area contributed by atoms with Gasteiger partial charge in [0, 0.05) is 28.6 Å². The van der Waals surface area contributed by atoms with Crippen molar-refractivity contribution < 1.29 is 0 Å². The summed E-state index contributed by atoms with van der Waals surface area (Å²) in [5, 5.41) is 0.792. The molecule has 0 bridgehead atoms. The van der Waals surface area contributed by atoms with Crippen molar-refractivity contribution in [3.05, 3.63) is 33.3 Å². The minimum absolute atomic E-state index is 0.556. The third kappa shape index (κ3) is 4.42. The van der Waals surface area contributed by atoms with Crippen LogP contribution < -0.4 is 5.73 Å². The third-order valence-electron chi connectivity index (χ3n) is 3.59. The zero-order valence-electron chi connectivity index (χ0n) is 10.7. The molecule has 0 atom stereocenters. The first kappa shape index (κ1) is 15.2. The van der Waals surface area contributed by atoms with Crippen LogP contribution in [-0.2, 0) is 6.54 Å². The van der Waals surface area contributed by atoms with Crippen molar-refractivity contribution in [1.82, 2.24) is 4.90 Å². The van der Waals surface area contributed by atoms with Crippen molar-refractivity contribution in [2.75, 3.05) is 6.54 Å². The van der Waals surface area contributed by atoms with Gasteiger partial charge in [0.1, 0.15) is 0 Å². The highest BCUT2D eigenvalue weighted by molar-refractivity contribution is 9.10. The molecule has 1 aromatic rings. The fraction of sp³-hybridized carbons (Fsp3) is 0.500. The van der Waals surface area contributed by atoms with Gasteiger partial charge in [-0.1, -0.05) is 58.7 Å². The van der Waals surface area contributed by atoms with Gasteiger partial charge in [0.15, 0.2) is 0 Å². The van der Waals surface area contributed by atoms with Gasteiger partial charge < -0.3 is 5.73 Å². The summed E-state index contributed by atoms with van der Waals surface area (Å²) >= 11 is 14.8. The van der Waals surface area contributed by atoms with Crippen LogP contribution in [0.25, 0.3) is 0 Å². The van der Waals surface area contributed by atoms with Crippen LogP contribution in [0.4, 0.5) is 0 Å². The van der Waals surface area contributed by atoms with Crippen LogP contribution in [0.3, 0.4) is 0 Å². The topological polar surface area (TPSA) is 29.3 Å². The van der Waals surface area contributed by atoms with E-state index < -0.39 is 0 Å². The average Bonchev–Trinajstić information content (AvgIpc) is 2.84. The molecule has 1 saturated carbocycles. The molecular weight excluding hydrogens is 344 g/mol. The van der Waals surface area contributed by atoms with Crippen LogP contribution in [-0.4, -0.2) is 22.5 Å². The maximum Gasteiger partial charge on any atom is 0.0870 e. The summed E-state index contributed by atoms with van der Waals surface area (Å²) < 4.78 is 1.00. The summed E-state index contributed by atoms with van der Waals surface area (Å²) in [6.07, 6.45) is 5.06. The summed E-state index contributed by atoms with van der Waals surface area (Å²) in [5.41, 5.74) is 6.86. The molecule has 0 unspecified atom stereocenters. The first-order valence-corrected chi connectivity index (χ1v) is 8.10. The lowest BCUT2D eigenvalue weighted by molar-refractivity contribution is 0.219. The Balaban J connectivity index is 2.12. The fourth-order valence-electron chi connectivity index (χ4n) is 2.65. The van der Waals surface area contributed by atoms with E-state index in [1.165, 1.54) is 25.7 Å². The molecule has 0 heterocycles. The largest absolute Gasteiger partial charge is 0.392 e. The number of nitrogens with zero attached hydrogens (tertiary/aromatic N) is 1. The molecule has 0 aromatic heterocycles. The molecule has 0 aliphatic heterocycles. The fourth-order valence-corrected chi connectivity index (χ4v) is 3.55. The zero-order chi connectivity index (χ0) is 13.8. The Hall–Kier alpha value is -0.160. The summed E-state index contributed by atoms with van der Waals surface area (Å²) in [6, 6.07) is 6.61. The summed E-state index contributed by atoms with van der Waals surface area (Å²) in [6.45, 7) is 1.49. The lowest BCUT2D eigenvalue weighted by atomic mass is 10.1. The second-order valence-electron chi connectivity index (χ2n) is 5.05. The van der Waals surface area contributed by atoms with Crippen molar-refractivity contribution >= 4 is 44.7 Å². The zero-order valence-corrected chi connectivity index (χ0v) is 13.9. The minimum atomic E-state index is 0.556. The minimum Gasteiger partial charge on any atom is -0.392 e. The Bertz CT molecular complexity index is 461.